The van der Waals surface area contributed by atoms with Crippen LogP contribution in [0.2, 0.25) is 0 Å². The summed E-state index contributed by atoms with van der Waals surface area (Å²) in [6.45, 7) is 4.85. The van der Waals surface area contributed by atoms with Gasteiger partial charge in [-0.2, -0.15) is 0 Å². The molecule has 8 heteroatoms. The van der Waals surface area contributed by atoms with Crippen molar-refractivity contribution in [2.24, 2.45) is 0 Å². The molecule has 0 aliphatic rings. The second kappa shape index (κ2) is 6.04. The van der Waals surface area contributed by atoms with Gasteiger partial charge in [-0.15, -0.1) is 0 Å². The number of anilines is 1. The van der Waals surface area contributed by atoms with Gasteiger partial charge in [-0.25, -0.2) is 24.9 Å². The molecule has 3 rings (SSSR count). The fourth-order valence-corrected chi connectivity index (χ4v) is 2.76. The SMILES string of the molecule is CCNc1cc(C)nc(CSc2ncnc3nc[nH]c23)n1. The third kappa shape index (κ3) is 3.10. The van der Waals surface area contributed by atoms with E-state index in [2.05, 4.69) is 35.2 Å². The van der Waals surface area contributed by atoms with E-state index in [0.29, 0.717) is 11.4 Å². The first kappa shape index (κ1) is 13.7. The van der Waals surface area contributed by atoms with Crippen molar-refractivity contribution >= 4 is 28.7 Å². The second-order valence-corrected chi connectivity index (χ2v) is 5.37. The number of nitrogens with one attached hydrogen (secondary N) is 2. The molecule has 3 heterocycles. The number of hydrogen-bond acceptors (Lipinski definition) is 7. The van der Waals surface area contributed by atoms with Crippen LogP contribution >= 0.6 is 11.8 Å². The third-order valence-corrected chi connectivity index (χ3v) is 3.77. The van der Waals surface area contributed by atoms with E-state index in [1.165, 1.54) is 6.33 Å². The molecule has 0 aromatic carbocycles. The molecule has 0 amide bonds. The first-order chi connectivity index (χ1) is 10.3. The van der Waals surface area contributed by atoms with E-state index < -0.39 is 0 Å². The van der Waals surface area contributed by atoms with E-state index in [4.69, 9.17) is 0 Å². The average Bonchev–Trinajstić information content (AvgIpc) is 2.94. The smallest absolute Gasteiger partial charge is 0.181 e. The van der Waals surface area contributed by atoms with E-state index in [1.807, 2.05) is 19.9 Å². The van der Waals surface area contributed by atoms with Gasteiger partial charge in [0.25, 0.3) is 0 Å². The van der Waals surface area contributed by atoms with Crippen LogP contribution in [0.25, 0.3) is 11.2 Å². The highest BCUT2D eigenvalue weighted by molar-refractivity contribution is 7.98. The predicted octanol–water partition coefficient (Wildman–Crippen LogP) is 2.18. The molecule has 0 unspecified atom stereocenters. The summed E-state index contributed by atoms with van der Waals surface area (Å²) in [5.74, 6) is 2.28. The van der Waals surface area contributed by atoms with Crippen molar-refractivity contribution in [3.05, 3.63) is 30.2 Å². The number of fused-ring (bicyclic) bond motifs is 1. The monoisotopic (exact) mass is 301 g/mol. The normalized spacial score (nSPS) is 11.0. The van der Waals surface area contributed by atoms with Gasteiger partial charge in [-0.3, -0.25) is 0 Å². The Morgan fingerprint density at radius 2 is 2.14 bits per heavy atom. The van der Waals surface area contributed by atoms with Crippen LogP contribution < -0.4 is 5.32 Å². The molecule has 0 bridgehead atoms. The van der Waals surface area contributed by atoms with Crippen molar-refractivity contribution in [1.29, 1.82) is 0 Å². The highest BCUT2D eigenvalue weighted by atomic mass is 32.2. The molecule has 0 saturated carbocycles. The van der Waals surface area contributed by atoms with Crippen LogP contribution in [0.5, 0.6) is 0 Å². The van der Waals surface area contributed by atoms with Gasteiger partial charge in [-0.05, 0) is 13.8 Å². The lowest BCUT2D eigenvalue weighted by molar-refractivity contribution is 0.983. The van der Waals surface area contributed by atoms with E-state index in [9.17, 15) is 0 Å². The molecule has 0 spiro atoms. The minimum Gasteiger partial charge on any atom is -0.370 e. The Hall–Kier alpha value is -2.22. The Morgan fingerprint density at radius 1 is 1.24 bits per heavy atom. The molecule has 0 atom stereocenters. The summed E-state index contributed by atoms with van der Waals surface area (Å²) in [4.78, 5) is 24.5. The Kier molecular flexibility index (Phi) is 3.96. The summed E-state index contributed by atoms with van der Waals surface area (Å²) >= 11 is 1.57. The van der Waals surface area contributed by atoms with Gasteiger partial charge < -0.3 is 10.3 Å². The van der Waals surface area contributed by atoms with Crippen LogP contribution in [-0.4, -0.2) is 36.4 Å². The van der Waals surface area contributed by atoms with Crippen LogP contribution in [0.15, 0.2) is 23.7 Å². The highest BCUT2D eigenvalue weighted by Crippen LogP contribution is 2.24. The summed E-state index contributed by atoms with van der Waals surface area (Å²) in [6.07, 6.45) is 3.14. The van der Waals surface area contributed by atoms with Gasteiger partial charge in [0.15, 0.2) is 5.65 Å². The molecule has 3 aromatic heterocycles. The van der Waals surface area contributed by atoms with Crippen molar-refractivity contribution in [3.63, 3.8) is 0 Å². The van der Waals surface area contributed by atoms with Gasteiger partial charge in [0.2, 0.25) is 0 Å². The van der Waals surface area contributed by atoms with E-state index in [1.54, 1.807) is 18.1 Å². The van der Waals surface area contributed by atoms with Gasteiger partial charge in [0.05, 0.1) is 12.1 Å². The molecule has 21 heavy (non-hydrogen) atoms. The standard InChI is InChI=1S/C13H15N7S/c1-3-14-9-4-8(2)19-10(20-9)5-21-13-11-12(16-6-15-11)17-7-18-13/h4,6-7H,3,5H2,1-2H3,(H,14,19,20)(H,15,16,17,18). The van der Waals surface area contributed by atoms with Gasteiger partial charge >= 0.3 is 0 Å². The predicted molar refractivity (Wildman–Crippen MR) is 82.2 cm³/mol. The van der Waals surface area contributed by atoms with Crippen LogP contribution in [-0.2, 0) is 5.75 Å². The molecular formula is C13H15N7S. The first-order valence-electron chi connectivity index (χ1n) is 6.61. The third-order valence-electron chi connectivity index (χ3n) is 2.78. The number of rotatable bonds is 5. The summed E-state index contributed by atoms with van der Waals surface area (Å²) < 4.78 is 0. The summed E-state index contributed by atoms with van der Waals surface area (Å²) in [5, 5.41) is 4.06. The maximum absolute atomic E-state index is 4.49. The molecule has 108 valence electrons. The number of aryl methyl sites for hydroxylation is 1. The summed E-state index contributed by atoms with van der Waals surface area (Å²) in [7, 11) is 0. The van der Waals surface area contributed by atoms with Crippen molar-refractivity contribution < 1.29 is 0 Å². The highest BCUT2D eigenvalue weighted by Gasteiger charge is 2.08. The molecule has 3 aromatic rings. The zero-order valence-corrected chi connectivity index (χ0v) is 12.6. The van der Waals surface area contributed by atoms with E-state index in [0.717, 1.165) is 34.4 Å². The molecule has 0 aliphatic heterocycles. The maximum Gasteiger partial charge on any atom is 0.181 e. The van der Waals surface area contributed by atoms with Crippen molar-refractivity contribution in [1.82, 2.24) is 29.9 Å². The minimum absolute atomic E-state index is 0.644. The lowest BCUT2D eigenvalue weighted by Gasteiger charge is -2.06. The van der Waals surface area contributed by atoms with Crippen molar-refractivity contribution in [3.8, 4) is 0 Å². The topological polar surface area (TPSA) is 92.3 Å². The summed E-state index contributed by atoms with van der Waals surface area (Å²) in [6, 6.07) is 1.94. The minimum atomic E-state index is 0.644. The number of nitrogens with zero attached hydrogens (tertiary/aromatic N) is 5. The fourth-order valence-electron chi connectivity index (χ4n) is 1.95. The van der Waals surface area contributed by atoms with Gasteiger partial charge in [0, 0.05) is 18.3 Å². The molecule has 7 nitrogen and oxygen atoms in total. The average molecular weight is 301 g/mol. The largest absolute Gasteiger partial charge is 0.370 e. The second-order valence-electron chi connectivity index (χ2n) is 4.41. The van der Waals surface area contributed by atoms with E-state index >= 15 is 0 Å². The lowest BCUT2D eigenvalue weighted by atomic mass is 10.4. The molecule has 0 saturated heterocycles. The number of H-pyrrole nitrogens is 1. The first-order valence-corrected chi connectivity index (χ1v) is 7.60. The molecule has 0 radical (unpaired) electrons. The lowest BCUT2D eigenvalue weighted by Crippen LogP contribution is -2.04. The Balaban J connectivity index is 1.80. The number of aromatic amines is 1. The quantitative estimate of drug-likeness (QED) is 0.551. The zero-order chi connectivity index (χ0) is 14.7. The van der Waals surface area contributed by atoms with Gasteiger partial charge in [0.1, 0.15) is 28.5 Å². The van der Waals surface area contributed by atoms with Gasteiger partial charge in [-0.1, -0.05) is 11.8 Å². The molecular weight excluding hydrogens is 286 g/mol. The summed E-state index contributed by atoms with van der Waals surface area (Å²) in [5.41, 5.74) is 2.47. The van der Waals surface area contributed by atoms with Crippen LogP contribution in [0.3, 0.4) is 0 Å². The van der Waals surface area contributed by atoms with Crippen LogP contribution in [0.1, 0.15) is 18.4 Å². The Morgan fingerprint density at radius 3 is 3.00 bits per heavy atom. The van der Waals surface area contributed by atoms with Crippen molar-refractivity contribution in [2.45, 2.75) is 24.6 Å². The zero-order valence-electron chi connectivity index (χ0n) is 11.8. The van der Waals surface area contributed by atoms with E-state index in [-0.39, 0.29) is 0 Å². The molecule has 2 N–H and O–H groups in total. The Labute approximate surface area is 126 Å². The number of imidazole rings is 1. The van der Waals surface area contributed by atoms with Crippen LogP contribution in [0, 0.1) is 6.92 Å². The maximum atomic E-state index is 4.49. The van der Waals surface area contributed by atoms with Crippen LogP contribution in [0.4, 0.5) is 5.82 Å². The fraction of sp³-hybridized carbons (Fsp3) is 0.308. The number of thioether (sulfide) groups is 1. The molecule has 0 aliphatic carbocycles. The van der Waals surface area contributed by atoms with Crippen molar-refractivity contribution in [2.75, 3.05) is 11.9 Å². The molecule has 0 fully saturated rings. The Bertz CT molecular complexity index is 755. The number of hydrogen-bond donors (Lipinski definition) is 2. The number of aromatic nitrogens is 6.